The van der Waals surface area contributed by atoms with E-state index in [1.807, 2.05) is 39.8 Å². The van der Waals surface area contributed by atoms with Gasteiger partial charge in [-0.15, -0.1) is 0 Å². The number of carbonyl (C=O) groups is 1. The third-order valence-corrected chi connectivity index (χ3v) is 5.33. The summed E-state index contributed by atoms with van der Waals surface area (Å²) >= 11 is 0. The highest BCUT2D eigenvalue weighted by Crippen LogP contribution is 2.41. The van der Waals surface area contributed by atoms with Crippen LogP contribution in [0, 0.1) is 10.8 Å². The fourth-order valence-corrected chi connectivity index (χ4v) is 3.88. The Balaban J connectivity index is 3.00. The molecule has 1 aromatic heterocycles. The third-order valence-electron chi connectivity index (χ3n) is 5.33. The van der Waals surface area contributed by atoms with Crippen molar-refractivity contribution in [2.24, 2.45) is 10.8 Å². The second-order valence-electron chi connectivity index (χ2n) is 10.8. The lowest BCUT2D eigenvalue weighted by atomic mass is 9.83. The van der Waals surface area contributed by atoms with Crippen LogP contribution in [0.15, 0.2) is 23.0 Å². The quantitative estimate of drug-likeness (QED) is 0.449. The van der Waals surface area contributed by atoms with E-state index in [9.17, 15) is 14.7 Å². The first-order chi connectivity index (χ1) is 15.3. The summed E-state index contributed by atoms with van der Waals surface area (Å²) in [6, 6.07) is 4.77. The second-order valence-corrected chi connectivity index (χ2v) is 10.8. The summed E-state index contributed by atoms with van der Waals surface area (Å²) in [5.74, 6) is 1.17. The molecule has 7 heteroatoms. The van der Waals surface area contributed by atoms with E-state index in [1.54, 1.807) is 10.6 Å². The van der Waals surface area contributed by atoms with Crippen molar-refractivity contribution in [1.82, 2.24) is 9.88 Å². The molecule has 0 aliphatic heterocycles. The van der Waals surface area contributed by atoms with Crippen LogP contribution in [0.25, 0.3) is 10.8 Å². The summed E-state index contributed by atoms with van der Waals surface area (Å²) < 4.78 is 13.7. The Hall–Kier alpha value is -2.70. The molecule has 0 saturated heterocycles. The van der Waals surface area contributed by atoms with Crippen molar-refractivity contribution in [3.8, 4) is 11.5 Å². The number of aromatic nitrogens is 1. The van der Waals surface area contributed by atoms with Gasteiger partial charge in [0.15, 0.2) is 0 Å². The second kappa shape index (κ2) is 10.5. The third kappa shape index (κ3) is 6.65. The van der Waals surface area contributed by atoms with Crippen LogP contribution in [-0.2, 0) is 6.54 Å². The Bertz CT molecular complexity index is 1030. The Morgan fingerprint density at radius 1 is 1.09 bits per heavy atom. The van der Waals surface area contributed by atoms with Gasteiger partial charge in [0, 0.05) is 11.9 Å². The lowest BCUT2D eigenvalue weighted by molar-refractivity contribution is 0.169. The van der Waals surface area contributed by atoms with Gasteiger partial charge in [-0.1, -0.05) is 54.9 Å². The zero-order chi connectivity index (χ0) is 25.0. The van der Waals surface area contributed by atoms with Gasteiger partial charge >= 0.3 is 6.09 Å². The minimum atomic E-state index is -1.14. The zero-order valence-corrected chi connectivity index (χ0v) is 21.4. The normalized spacial score (nSPS) is 13.1. The molecule has 0 fully saturated rings. The molecular formula is C26H40N2O5. The number of nitrogens with one attached hydrogen (secondary N) is 1. The molecule has 0 saturated carbocycles. The van der Waals surface area contributed by atoms with Crippen molar-refractivity contribution in [3.05, 3.63) is 34.2 Å². The van der Waals surface area contributed by atoms with Gasteiger partial charge in [-0.3, -0.25) is 4.79 Å². The molecule has 184 valence electrons. The number of carboxylic acid groups (broad SMARTS) is 1. The van der Waals surface area contributed by atoms with Crippen LogP contribution < -0.4 is 20.3 Å². The highest BCUT2D eigenvalue weighted by Gasteiger charge is 2.35. The molecule has 33 heavy (non-hydrogen) atoms. The molecule has 1 atom stereocenters. The van der Waals surface area contributed by atoms with Crippen LogP contribution in [0.2, 0.25) is 0 Å². The molecular weight excluding hydrogens is 420 g/mol. The smallest absolute Gasteiger partial charge is 0.405 e. The fourth-order valence-electron chi connectivity index (χ4n) is 3.88. The van der Waals surface area contributed by atoms with E-state index in [0.717, 1.165) is 12.8 Å². The molecule has 0 aliphatic rings. The van der Waals surface area contributed by atoms with Gasteiger partial charge in [-0.25, -0.2) is 4.79 Å². The van der Waals surface area contributed by atoms with Crippen LogP contribution in [0.1, 0.15) is 80.0 Å². The van der Waals surface area contributed by atoms with Crippen LogP contribution in [-0.4, -0.2) is 29.0 Å². The number of unbranched alkanes of at least 4 members (excludes halogenated alkanes) is 1. The number of hydrogen-bond donors (Lipinski definition) is 2. The van der Waals surface area contributed by atoms with Crippen molar-refractivity contribution in [3.63, 3.8) is 0 Å². The van der Waals surface area contributed by atoms with E-state index in [0.29, 0.717) is 47.7 Å². The monoisotopic (exact) mass is 460 g/mol. The van der Waals surface area contributed by atoms with Crippen LogP contribution in [0.4, 0.5) is 4.79 Å². The Labute approximate surface area is 197 Å². The maximum absolute atomic E-state index is 13.9. The van der Waals surface area contributed by atoms with Gasteiger partial charge in [-0.05, 0) is 42.4 Å². The minimum Gasteiger partial charge on any atom is -0.494 e. The zero-order valence-electron chi connectivity index (χ0n) is 21.4. The van der Waals surface area contributed by atoms with Crippen molar-refractivity contribution < 1.29 is 19.4 Å². The van der Waals surface area contributed by atoms with Crippen LogP contribution in [0.3, 0.4) is 0 Å². The largest absolute Gasteiger partial charge is 0.494 e. The number of ether oxygens (including phenoxy) is 2. The highest BCUT2D eigenvalue weighted by molar-refractivity contribution is 5.90. The number of fused-ring (bicyclic) bond motifs is 1. The average molecular weight is 461 g/mol. The van der Waals surface area contributed by atoms with Gasteiger partial charge in [0.2, 0.25) is 0 Å². The Kier molecular flexibility index (Phi) is 8.44. The predicted molar refractivity (Wildman–Crippen MR) is 133 cm³/mol. The van der Waals surface area contributed by atoms with E-state index in [1.165, 1.54) is 0 Å². The standard InChI is InChI=1S/C26H40N2O5/c1-9-11-14-33-21-18-13-12-17(32-10-2)15-19(18)23(29)28(16-25(3,4)5)20(21)22(26(6,7)8)27-24(30)31/h12-13,15,22,27H,9-11,14,16H2,1-8H3,(H,30,31). The Morgan fingerprint density at radius 2 is 1.76 bits per heavy atom. The molecule has 7 nitrogen and oxygen atoms in total. The molecule has 2 rings (SSSR count). The van der Waals surface area contributed by atoms with Crippen LogP contribution in [0.5, 0.6) is 11.5 Å². The first-order valence-electron chi connectivity index (χ1n) is 11.8. The molecule has 0 aliphatic carbocycles. The van der Waals surface area contributed by atoms with E-state index < -0.39 is 17.6 Å². The summed E-state index contributed by atoms with van der Waals surface area (Å²) in [5, 5.41) is 13.5. The minimum absolute atomic E-state index is 0.180. The maximum Gasteiger partial charge on any atom is 0.405 e. The van der Waals surface area contributed by atoms with E-state index in [4.69, 9.17) is 9.47 Å². The van der Waals surface area contributed by atoms with E-state index >= 15 is 0 Å². The highest BCUT2D eigenvalue weighted by atomic mass is 16.5. The van der Waals surface area contributed by atoms with Gasteiger partial charge in [0.25, 0.3) is 5.56 Å². The lowest BCUT2D eigenvalue weighted by Crippen LogP contribution is -2.41. The number of amides is 1. The van der Waals surface area contributed by atoms with Gasteiger partial charge < -0.3 is 24.5 Å². The predicted octanol–water partition coefficient (Wildman–Crippen LogP) is 5.98. The topological polar surface area (TPSA) is 89.8 Å². The van der Waals surface area contributed by atoms with Crippen molar-refractivity contribution in [2.75, 3.05) is 13.2 Å². The molecule has 2 aromatic rings. The first-order valence-corrected chi connectivity index (χ1v) is 11.8. The van der Waals surface area contributed by atoms with E-state index in [-0.39, 0.29) is 11.0 Å². The molecule has 1 aromatic carbocycles. The number of nitrogens with zero attached hydrogens (tertiary/aromatic N) is 1. The SMILES string of the molecule is CCCCOc1c(C(NC(=O)O)C(C)(C)C)n(CC(C)(C)C)c(=O)c2cc(OCC)ccc12. The average Bonchev–Trinajstić information content (AvgIpc) is 2.68. The van der Waals surface area contributed by atoms with Crippen LogP contribution >= 0.6 is 0 Å². The molecule has 0 spiro atoms. The van der Waals surface area contributed by atoms with Crippen molar-refractivity contribution in [2.45, 2.75) is 80.8 Å². The number of hydrogen-bond acceptors (Lipinski definition) is 4. The van der Waals surface area contributed by atoms with E-state index in [2.05, 4.69) is 33.0 Å². The summed E-state index contributed by atoms with van der Waals surface area (Å²) in [4.78, 5) is 25.7. The van der Waals surface area contributed by atoms with Gasteiger partial charge in [0.1, 0.15) is 11.5 Å². The summed E-state index contributed by atoms with van der Waals surface area (Å²) in [5.41, 5.74) is -0.346. The van der Waals surface area contributed by atoms with Gasteiger partial charge in [-0.2, -0.15) is 0 Å². The van der Waals surface area contributed by atoms with Gasteiger partial charge in [0.05, 0.1) is 30.3 Å². The number of pyridine rings is 1. The molecule has 1 unspecified atom stereocenters. The van der Waals surface area contributed by atoms with Crippen molar-refractivity contribution >= 4 is 16.9 Å². The lowest BCUT2D eigenvalue weighted by Gasteiger charge is -2.35. The molecule has 1 amide bonds. The molecule has 0 bridgehead atoms. The molecule has 1 heterocycles. The summed E-state index contributed by atoms with van der Waals surface area (Å²) in [7, 11) is 0. The summed E-state index contributed by atoms with van der Waals surface area (Å²) in [6.45, 7) is 17.4. The Morgan fingerprint density at radius 3 is 2.27 bits per heavy atom. The molecule has 2 N–H and O–H groups in total. The first kappa shape index (κ1) is 26.6. The molecule has 0 radical (unpaired) electrons. The fraction of sp³-hybridized carbons (Fsp3) is 0.615. The maximum atomic E-state index is 13.9. The number of rotatable bonds is 9. The van der Waals surface area contributed by atoms with Crippen molar-refractivity contribution in [1.29, 1.82) is 0 Å². The number of benzene rings is 1. The summed E-state index contributed by atoms with van der Waals surface area (Å²) in [6.07, 6.45) is 0.665.